The predicted molar refractivity (Wildman–Crippen MR) is 38.4 cm³/mol. The molecular formula is C6H13NO4. The van der Waals surface area contributed by atoms with E-state index in [0.717, 1.165) is 26.3 Å². The van der Waals surface area contributed by atoms with Crippen molar-refractivity contribution in [3.63, 3.8) is 0 Å². The maximum atomic E-state index is 9.12. The average molecular weight is 163 g/mol. The molecule has 0 spiro atoms. The second kappa shape index (κ2) is 7.46. The number of carbonyl (C=O) groups is 1. The highest BCUT2D eigenvalue weighted by Gasteiger charge is 1.92. The molecular weight excluding hydrogens is 150 g/mol. The van der Waals surface area contributed by atoms with Crippen molar-refractivity contribution in [3.8, 4) is 0 Å². The molecule has 0 unspecified atom stereocenters. The molecule has 0 saturated carbocycles. The monoisotopic (exact) mass is 163 g/mol. The molecule has 0 radical (unpaired) electrons. The SMILES string of the molecule is C1COCCN1.O=C(O)CO. The van der Waals surface area contributed by atoms with E-state index in [2.05, 4.69) is 5.32 Å². The summed E-state index contributed by atoms with van der Waals surface area (Å²) in [5.74, 6) is -1.19. The Balaban J connectivity index is 0.000000187. The fraction of sp³-hybridized carbons (Fsp3) is 0.833. The first-order valence-electron chi connectivity index (χ1n) is 3.38. The molecule has 1 rings (SSSR count). The van der Waals surface area contributed by atoms with Gasteiger partial charge in [0.2, 0.25) is 0 Å². The highest BCUT2D eigenvalue weighted by atomic mass is 16.5. The van der Waals surface area contributed by atoms with E-state index < -0.39 is 12.6 Å². The van der Waals surface area contributed by atoms with E-state index in [-0.39, 0.29) is 0 Å². The lowest BCUT2D eigenvalue weighted by Crippen LogP contribution is -2.30. The van der Waals surface area contributed by atoms with Gasteiger partial charge in [-0.2, -0.15) is 0 Å². The number of morpholine rings is 1. The van der Waals surface area contributed by atoms with Crippen LogP contribution in [0.25, 0.3) is 0 Å². The summed E-state index contributed by atoms with van der Waals surface area (Å²) in [6, 6.07) is 0. The lowest BCUT2D eigenvalue weighted by atomic mass is 10.5. The number of rotatable bonds is 1. The maximum Gasteiger partial charge on any atom is 0.329 e. The Hall–Kier alpha value is -0.650. The van der Waals surface area contributed by atoms with Gasteiger partial charge < -0.3 is 20.3 Å². The molecule has 0 aromatic rings. The second-order valence-electron chi connectivity index (χ2n) is 1.91. The number of carboxylic acids is 1. The van der Waals surface area contributed by atoms with Gasteiger partial charge in [-0.05, 0) is 0 Å². The van der Waals surface area contributed by atoms with Crippen LogP contribution < -0.4 is 5.32 Å². The molecule has 0 atom stereocenters. The molecule has 11 heavy (non-hydrogen) atoms. The Morgan fingerprint density at radius 1 is 1.45 bits per heavy atom. The number of hydrogen-bond donors (Lipinski definition) is 3. The highest BCUT2D eigenvalue weighted by molar-refractivity contribution is 5.67. The van der Waals surface area contributed by atoms with Crippen molar-refractivity contribution < 1.29 is 19.7 Å². The number of nitrogens with one attached hydrogen (secondary N) is 1. The smallest absolute Gasteiger partial charge is 0.329 e. The van der Waals surface area contributed by atoms with Crippen molar-refractivity contribution in [1.82, 2.24) is 5.32 Å². The average Bonchev–Trinajstić information content (AvgIpc) is 2.09. The summed E-state index contributed by atoms with van der Waals surface area (Å²) in [4.78, 5) is 9.12. The fourth-order valence-corrected chi connectivity index (χ4v) is 0.516. The van der Waals surface area contributed by atoms with Crippen molar-refractivity contribution in [2.24, 2.45) is 0 Å². The van der Waals surface area contributed by atoms with Crippen molar-refractivity contribution in [3.05, 3.63) is 0 Å². The quantitative estimate of drug-likeness (QED) is 0.446. The van der Waals surface area contributed by atoms with Crippen LogP contribution in [0, 0.1) is 0 Å². The van der Waals surface area contributed by atoms with Crippen LogP contribution in [0.5, 0.6) is 0 Å². The number of ether oxygens (including phenoxy) is 1. The topological polar surface area (TPSA) is 78.8 Å². The molecule has 1 saturated heterocycles. The first-order chi connectivity index (χ1) is 5.27. The summed E-state index contributed by atoms with van der Waals surface area (Å²) in [6.45, 7) is 3.06. The Morgan fingerprint density at radius 2 is 1.91 bits per heavy atom. The van der Waals surface area contributed by atoms with Gasteiger partial charge in [0, 0.05) is 13.1 Å². The number of aliphatic carboxylic acids is 1. The summed E-state index contributed by atoms with van der Waals surface area (Å²) < 4.78 is 5.01. The van der Waals surface area contributed by atoms with Crippen molar-refractivity contribution in [1.29, 1.82) is 0 Å². The zero-order chi connectivity index (χ0) is 8.53. The van der Waals surface area contributed by atoms with Crippen LogP contribution in [0.15, 0.2) is 0 Å². The lowest BCUT2D eigenvalue weighted by molar-refractivity contribution is -0.140. The van der Waals surface area contributed by atoms with Crippen LogP contribution in [0.4, 0.5) is 0 Å². The summed E-state index contributed by atoms with van der Waals surface area (Å²) in [6.07, 6.45) is 0. The Labute approximate surface area is 65.0 Å². The van der Waals surface area contributed by atoms with Crippen molar-refractivity contribution in [2.75, 3.05) is 32.9 Å². The number of aliphatic hydroxyl groups excluding tert-OH is 1. The fourth-order valence-electron chi connectivity index (χ4n) is 0.516. The second-order valence-corrected chi connectivity index (χ2v) is 1.91. The van der Waals surface area contributed by atoms with Crippen LogP contribution in [0.1, 0.15) is 0 Å². The third kappa shape index (κ3) is 9.35. The van der Waals surface area contributed by atoms with E-state index >= 15 is 0 Å². The standard InChI is InChI=1S/C4H9NO.C2H4O3/c1-3-6-4-2-5-1;3-1-2(4)5/h5H,1-4H2;3H,1H2,(H,4,5). The molecule has 0 aromatic heterocycles. The van der Waals surface area contributed by atoms with Crippen LogP contribution >= 0.6 is 0 Å². The van der Waals surface area contributed by atoms with Gasteiger partial charge in [-0.25, -0.2) is 4.79 Å². The van der Waals surface area contributed by atoms with Gasteiger partial charge >= 0.3 is 5.97 Å². The van der Waals surface area contributed by atoms with E-state index in [0.29, 0.717) is 0 Å². The molecule has 1 fully saturated rings. The first kappa shape index (κ1) is 10.3. The molecule has 0 bridgehead atoms. The van der Waals surface area contributed by atoms with Gasteiger partial charge in [0.25, 0.3) is 0 Å². The molecule has 0 aliphatic carbocycles. The van der Waals surface area contributed by atoms with Gasteiger partial charge in [0.1, 0.15) is 6.61 Å². The molecule has 0 aromatic carbocycles. The normalized spacial score (nSPS) is 16.5. The van der Waals surface area contributed by atoms with Gasteiger partial charge in [-0.3, -0.25) is 0 Å². The zero-order valence-electron chi connectivity index (χ0n) is 6.25. The first-order valence-corrected chi connectivity index (χ1v) is 3.38. The molecule has 3 N–H and O–H groups in total. The number of aliphatic hydroxyl groups is 1. The molecule has 1 heterocycles. The van der Waals surface area contributed by atoms with Gasteiger partial charge in [-0.15, -0.1) is 0 Å². The van der Waals surface area contributed by atoms with E-state index in [1.165, 1.54) is 0 Å². The van der Waals surface area contributed by atoms with Crippen LogP contribution in [0.2, 0.25) is 0 Å². The minimum atomic E-state index is -1.19. The molecule has 5 heteroatoms. The predicted octanol–water partition coefficient (Wildman–Crippen LogP) is -1.33. The minimum absolute atomic E-state index is 0.778. The van der Waals surface area contributed by atoms with Gasteiger partial charge in [0.05, 0.1) is 13.2 Å². The number of hydrogen-bond acceptors (Lipinski definition) is 4. The Bertz CT molecular complexity index is 91.2. The molecule has 66 valence electrons. The van der Waals surface area contributed by atoms with E-state index in [9.17, 15) is 0 Å². The van der Waals surface area contributed by atoms with Gasteiger partial charge in [-0.1, -0.05) is 0 Å². The summed E-state index contributed by atoms with van der Waals surface area (Å²) in [5, 5.41) is 18.2. The van der Waals surface area contributed by atoms with Crippen LogP contribution in [0.3, 0.4) is 0 Å². The van der Waals surface area contributed by atoms with Crippen LogP contribution in [-0.4, -0.2) is 49.1 Å². The summed E-state index contributed by atoms with van der Waals surface area (Å²) in [7, 11) is 0. The Kier molecular flexibility index (Phi) is 7.02. The van der Waals surface area contributed by atoms with E-state index in [1.54, 1.807) is 0 Å². The third-order valence-corrected chi connectivity index (χ3v) is 0.982. The largest absolute Gasteiger partial charge is 0.480 e. The highest BCUT2D eigenvalue weighted by Crippen LogP contribution is 1.76. The van der Waals surface area contributed by atoms with E-state index in [1.807, 2.05) is 0 Å². The van der Waals surface area contributed by atoms with Crippen LogP contribution in [-0.2, 0) is 9.53 Å². The molecule has 1 aliphatic heterocycles. The zero-order valence-corrected chi connectivity index (χ0v) is 6.25. The van der Waals surface area contributed by atoms with Crippen molar-refractivity contribution in [2.45, 2.75) is 0 Å². The number of carboxylic acid groups (broad SMARTS) is 1. The summed E-state index contributed by atoms with van der Waals surface area (Å²) >= 11 is 0. The lowest BCUT2D eigenvalue weighted by Gasteiger charge is -2.10. The molecule has 1 aliphatic rings. The van der Waals surface area contributed by atoms with E-state index in [4.69, 9.17) is 19.7 Å². The molecule has 5 nitrogen and oxygen atoms in total. The maximum absolute atomic E-state index is 9.12. The molecule has 0 amide bonds. The van der Waals surface area contributed by atoms with Gasteiger partial charge in [0.15, 0.2) is 0 Å². The minimum Gasteiger partial charge on any atom is -0.480 e. The third-order valence-electron chi connectivity index (χ3n) is 0.982. The summed E-state index contributed by atoms with van der Waals surface area (Å²) in [5.41, 5.74) is 0. The Morgan fingerprint density at radius 3 is 2.00 bits per heavy atom. The van der Waals surface area contributed by atoms with Crippen molar-refractivity contribution >= 4 is 5.97 Å².